The third-order valence-electron chi connectivity index (χ3n) is 4.12. The van der Waals surface area contributed by atoms with Crippen LogP contribution in [0.25, 0.3) is 0 Å². The predicted molar refractivity (Wildman–Crippen MR) is 69.9 cm³/mol. The summed E-state index contributed by atoms with van der Waals surface area (Å²) in [5, 5.41) is 4.18. The minimum atomic E-state index is -0.369. The van der Waals surface area contributed by atoms with Crippen LogP contribution in [0.3, 0.4) is 0 Å². The average molecular weight is 263 g/mol. The second-order valence-corrected chi connectivity index (χ2v) is 5.97. The van der Waals surface area contributed by atoms with Crippen molar-refractivity contribution >= 4 is 18.5 Å². The van der Waals surface area contributed by atoms with Crippen molar-refractivity contribution in [2.75, 3.05) is 14.1 Å². The van der Waals surface area contributed by atoms with Gasteiger partial charge in [0.1, 0.15) is 6.54 Å². The van der Waals surface area contributed by atoms with Crippen LogP contribution in [-0.2, 0) is 20.6 Å². The number of carbonyl (C=O) groups excluding carboxylic acids is 1. The van der Waals surface area contributed by atoms with Gasteiger partial charge in [-0.15, -0.1) is 0 Å². The highest BCUT2D eigenvalue weighted by Gasteiger charge is 2.71. The topological polar surface area (TPSA) is 56.6 Å². The van der Waals surface area contributed by atoms with Crippen LogP contribution < -0.4 is 5.46 Å². The van der Waals surface area contributed by atoms with Gasteiger partial charge in [0.05, 0.1) is 11.2 Å². The van der Waals surface area contributed by atoms with E-state index in [0.29, 0.717) is 0 Å². The standard InChI is InChI=1S/C12H18BN3O3/c1-11-8-12(11,2)19-13(18-11)9-5-14-16(6-9)7-10(17)15(3)4/h5-6H,7-8H2,1-4H3/t11-,12?/m1/s1. The summed E-state index contributed by atoms with van der Waals surface area (Å²) in [5.41, 5.74) is 0.527. The third kappa shape index (κ3) is 1.97. The van der Waals surface area contributed by atoms with E-state index in [0.717, 1.165) is 11.9 Å². The number of likely N-dealkylation sites (N-methyl/N-ethyl adjacent to an activating group) is 1. The highest BCUT2D eigenvalue weighted by atomic mass is 16.7. The molecule has 1 aliphatic heterocycles. The van der Waals surface area contributed by atoms with Gasteiger partial charge in [-0.1, -0.05) is 0 Å². The number of fused-ring (bicyclic) bond motifs is 1. The van der Waals surface area contributed by atoms with Crippen molar-refractivity contribution in [1.29, 1.82) is 0 Å². The molecule has 1 saturated heterocycles. The fourth-order valence-electron chi connectivity index (χ4n) is 2.43. The molecule has 1 saturated carbocycles. The van der Waals surface area contributed by atoms with Crippen LogP contribution in [0.2, 0.25) is 0 Å². The summed E-state index contributed by atoms with van der Waals surface area (Å²) in [6, 6.07) is 0. The highest BCUT2D eigenvalue weighted by molar-refractivity contribution is 6.62. The molecule has 6 nitrogen and oxygen atoms in total. The Balaban J connectivity index is 1.68. The molecule has 2 atom stereocenters. The Hall–Kier alpha value is -1.34. The molecule has 1 amide bonds. The molecule has 7 heteroatoms. The van der Waals surface area contributed by atoms with E-state index >= 15 is 0 Å². The summed E-state index contributed by atoms with van der Waals surface area (Å²) < 4.78 is 13.4. The van der Waals surface area contributed by atoms with Crippen molar-refractivity contribution < 1.29 is 14.1 Å². The highest BCUT2D eigenvalue weighted by Crippen LogP contribution is 2.58. The molecule has 0 bridgehead atoms. The lowest BCUT2D eigenvalue weighted by atomic mass is 9.81. The molecule has 2 heterocycles. The summed E-state index contributed by atoms with van der Waals surface area (Å²) in [6.07, 6.45) is 4.44. The molecule has 0 aromatic carbocycles. The average Bonchev–Trinajstić information content (AvgIpc) is 2.69. The normalized spacial score (nSPS) is 32.3. The van der Waals surface area contributed by atoms with Crippen LogP contribution in [0.1, 0.15) is 20.3 Å². The Bertz CT molecular complexity index is 516. The Kier molecular flexibility index (Phi) is 2.56. The maximum Gasteiger partial charge on any atom is 0.498 e. The van der Waals surface area contributed by atoms with Gasteiger partial charge in [0.2, 0.25) is 5.91 Å². The van der Waals surface area contributed by atoms with Crippen LogP contribution in [0.15, 0.2) is 12.4 Å². The minimum Gasteiger partial charge on any atom is -0.399 e. The van der Waals surface area contributed by atoms with Crippen molar-refractivity contribution in [3.8, 4) is 0 Å². The SMILES string of the molecule is CN(C)C(=O)Cn1cc(B2OC3(C)C[C@@]3(C)O2)cn1. The summed E-state index contributed by atoms with van der Waals surface area (Å²) in [6.45, 7) is 4.36. The molecule has 2 fully saturated rings. The van der Waals surface area contributed by atoms with Crippen LogP contribution in [0.5, 0.6) is 0 Å². The molecule has 102 valence electrons. The number of hydrogen-bond donors (Lipinski definition) is 0. The summed E-state index contributed by atoms with van der Waals surface area (Å²) in [4.78, 5) is 13.1. The zero-order chi connectivity index (χ0) is 13.8. The summed E-state index contributed by atoms with van der Waals surface area (Å²) in [7, 11) is 3.09. The number of nitrogens with zero attached hydrogens (tertiary/aromatic N) is 3. The van der Waals surface area contributed by atoms with E-state index < -0.39 is 0 Å². The Labute approximate surface area is 112 Å². The molecule has 1 aliphatic carbocycles. The maximum absolute atomic E-state index is 11.6. The van der Waals surface area contributed by atoms with E-state index in [4.69, 9.17) is 9.31 Å². The van der Waals surface area contributed by atoms with E-state index in [-0.39, 0.29) is 30.8 Å². The molecule has 1 aromatic rings. The monoisotopic (exact) mass is 263 g/mol. The molecular formula is C12H18BN3O3. The largest absolute Gasteiger partial charge is 0.498 e. The first kappa shape index (κ1) is 12.7. The first-order valence-corrected chi connectivity index (χ1v) is 6.41. The van der Waals surface area contributed by atoms with E-state index in [2.05, 4.69) is 18.9 Å². The van der Waals surface area contributed by atoms with Gasteiger partial charge in [-0.2, -0.15) is 5.10 Å². The van der Waals surface area contributed by atoms with Crippen molar-refractivity contribution in [2.45, 2.75) is 38.0 Å². The number of rotatable bonds is 3. The molecular weight excluding hydrogens is 245 g/mol. The quantitative estimate of drug-likeness (QED) is 0.698. The van der Waals surface area contributed by atoms with Gasteiger partial charge in [0, 0.05) is 38.4 Å². The second-order valence-electron chi connectivity index (χ2n) is 5.97. The first-order chi connectivity index (χ1) is 8.83. The van der Waals surface area contributed by atoms with Crippen LogP contribution in [-0.4, -0.2) is 53.0 Å². The van der Waals surface area contributed by atoms with E-state index in [1.54, 1.807) is 29.9 Å². The fourth-order valence-corrected chi connectivity index (χ4v) is 2.43. The lowest BCUT2D eigenvalue weighted by molar-refractivity contribution is -0.129. The van der Waals surface area contributed by atoms with Gasteiger partial charge >= 0.3 is 7.12 Å². The molecule has 1 unspecified atom stereocenters. The summed E-state index contributed by atoms with van der Waals surface area (Å²) >= 11 is 0. The van der Waals surface area contributed by atoms with Gasteiger partial charge in [-0.3, -0.25) is 9.48 Å². The Morgan fingerprint density at radius 2 is 2.11 bits per heavy atom. The molecule has 0 radical (unpaired) electrons. The Morgan fingerprint density at radius 1 is 1.47 bits per heavy atom. The lowest BCUT2D eigenvalue weighted by Gasteiger charge is -2.10. The van der Waals surface area contributed by atoms with Gasteiger partial charge in [-0.25, -0.2) is 0 Å². The van der Waals surface area contributed by atoms with E-state index in [1.807, 2.05) is 6.20 Å². The molecule has 0 spiro atoms. The first-order valence-electron chi connectivity index (χ1n) is 6.41. The fraction of sp³-hybridized carbons (Fsp3) is 0.667. The molecule has 0 N–H and O–H groups in total. The van der Waals surface area contributed by atoms with Gasteiger partial charge < -0.3 is 14.2 Å². The third-order valence-corrected chi connectivity index (χ3v) is 4.12. The van der Waals surface area contributed by atoms with Crippen molar-refractivity contribution in [3.05, 3.63) is 12.4 Å². The second kappa shape index (κ2) is 3.83. The van der Waals surface area contributed by atoms with Crippen molar-refractivity contribution in [2.24, 2.45) is 0 Å². The number of hydrogen-bond acceptors (Lipinski definition) is 4. The maximum atomic E-state index is 11.6. The summed E-state index contributed by atoms with van der Waals surface area (Å²) in [5.74, 6) is 0.00433. The van der Waals surface area contributed by atoms with Crippen LogP contribution >= 0.6 is 0 Å². The number of carbonyl (C=O) groups is 1. The van der Waals surface area contributed by atoms with Crippen molar-refractivity contribution in [3.63, 3.8) is 0 Å². The number of aromatic nitrogens is 2. The molecule has 1 aromatic heterocycles. The predicted octanol–water partition coefficient (Wildman–Crippen LogP) is -0.366. The molecule has 3 rings (SSSR count). The Morgan fingerprint density at radius 3 is 2.68 bits per heavy atom. The molecule has 19 heavy (non-hydrogen) atoms. The molecule has 2 aliphatic rings. The lowest BCUT2D eigenvalue weighted by Crippen LogP contribution is -2.35. The van der Waals surface area contributed by atoms with E-state index in [9.17, 15) is 4.79 Å². The van der Waals surface area contributed by atoms with Crippen LogP contribution in [0.4, 0.5) is 0 Å². The zero-order valence-electron chi connectivity index (χ0n) is 11.7. The minimum absolute atomic E-state index is 0.00433. The zero-order valence-corrected chi connectivity index (χ0v) is 11.7. The van der Waals surface area contributed by atoms with E-state index in [1.165, 1.54) is 0 Å². The van der Waals surface area contributed by atoms with Gasteiger partial charge in [-0.05, 0) is 13.8 Å². The van der Waals surface area contributed by atoms with Gasteiger partial charge in [0.25, 0.3) is 0 Å². The van der Waals surface area contributed by atoms with Crippen molar-refractivity contribution in [1.82, 2.24) is 14.7 Å². The van der Waals surface area contributed by atoms with Gasteiger partial charge in [0.15, 0.2) is 0 Å². The smallest absolute Gasteiger partial charge is 0.399 e. The van der Waals surface area contributed by atoms with Crippen LogP contribution in [0, 0.1) is 0 Å². The number of amides is 1.